The van der Waals surface area contributed by atoms with Gasteiger partial charge in [0.2, 0.25) is 100 Å². The second-order valence-electron chi connectivity index (χ2n) is 29.7. The van der Waals surface area contributed by atoms with E-state index >= 15 is 0 Å². The number of aliphatic imine (C=N–C) groups is 1. The number of nitrogens with two attached hydrogens (primary N) is 5. The average Bonchev–Trinajstić information content (AvgIpc) is 0.875. The lowest BCUT2D eigenvalue weighted by molar-refractivity contribution is -0.144. The minimum Gasteiger partial charge on any atom is -0.480 e. The number of aliphatic hydroxyl groups excluding tert-OH is 1. The smallest absolute Gasteiger partial charge is 0.326 e. The standard InChI is InChI=1S/C69H121N21O20/c1-32(2)21-41-57(98)77-30-54(96)80-42(22-33(3)4)60(101)78-38(13)56(97)76-29-53(95)81-46(26-50(71)92)63(104)86-47(28-52(94)79-43(23-34(5)6)61(102)84-41)64(105)82-40(18-16-20-75-69(73)74)58(99)85-45(25-36(9)10)65(106)90-55(37(11)12)67(108)87-44(24-35(7)8)62(103)89-49(31-91)66(107)83-39(17-14-15-19-70)59(100)88-48(68(109)110)27-51(72)93/h32-49,55,91H,14-31,70H2,1-13H3,(H2,71,92)(H2,72,93)(H,76,97)(H,77,98)(H,78,101)(H,79,94)(H,80,96)(H,81,95)(H,82,105)(H,83,107)(H,84,102)(H,85,99)(H,86,104)(H,87,108)(H,88,100)(H,89,103)(H,90,106)(H,109,110)(H4,73,74,75)/t38-,39-,40-,41-,42-,43-,44-,45-,46-,47-,48-,49-,55-/m0/s1. The van der Waals surface area contributed by atoms with E-state index in [2.05, 4.69) is 84.7 Å². The van der Waals surface area contributed by atoms with Crippen molar-refractivity contribution in [3.63, 3.8) is 0 Å². The molecule has 0 unspecified atom stereocenters. The number of nitrogens with one attached hydrogen (secondary N) is 15. The molecule has 110 heavy (non-hydrogen) atoms. The summed E-state index contributed by atoms with van der Waals surface area (Å²) in [6.45, 7) is 18.9. The van der Waals surface area contributed by atoms with E-state index in [9.17, 15) is 96.5 Å². The highest BCUT2D eigenvalue weighted by molar-refractivity contribution is 6.02. The Kier molecular flexibility index (Phi) is 44.1. The van der Waals surface area contributed by atoms with Crippen LogP contribution in [-0.4, -0.2) is 234 Å². The van der Waals surface area contributed by atoms with E-state index in [4.69, 9.17) is 28.7 Å². The minimum atomic E-state index is -2.10. The van der Waals surface area contributed by atoms with Crippen LogP contribution in [0.15, 0.2) is 4.99 Å². The fourth-order valence-electron chi connectivity index (χ4n) is 11.1. The van der Waals surface area contributed by atoms with Crippen LogP contribution in [0.5, 0.6) is 0 Å². The number of nitrogens with zero attached hydrogens (tertiary/aromatic N) is 1. The summed E-state index contributed by atoms with van der Waals surface area (Å²) in [6.07, 6.45) is -2.99. The van der Waals surface area contributed by atoms with E-state index in [0.29, 0.717) is 6.42 Å². The number of aliphatic hydroxyl groups is 1. The van der Waals surface area contributed by atoms with Crippen LogP contribution >= 0.6 is 0 Å². The summed E-state index contributed by atoms with van der Waals surface area (Å²) in [4.78, 5) is 251. The molecular weight excluding hydrogens is 1440 g/mol. The van der Waals surface area contributed by atoms with Crippen LogP contribution < -0.4 is 108 Å². The first-order chi connectivity index (χ1) is 51.3. The van der Waals surface area contributed by atoms with Gasteiger partial charge in [0.05, 0.1) is 39.0 Å². The van der Waals surface area contributed by atoms with Gasteiger partial charge in [-0.15, -0.1) is 0 Å². The summed E-state index contributed by atoms with van der Waals surface area (Å²) >= 11 is 0. The van der Waals surface area contributed by atoms with Crippen molar-refractivity contribution in [2.45, 2.75) is 252 Å². The molecule has 0 spiro atoms. The molecule has 622 valence electrons. The molecule has 0 aromatic heterocycles. The van der Waals surface area contributed by atoms with Crippen LogP contribution in [0, 0.1) is 35.5 Å². The number of hydrogen-bond donors (Lipinski definition) is 22. The quantitative estimate of drug-likeness (QED) is 0.0154. The zero-order valence-electron chi connectivity index (χ0n) is 65.3. The molecule has 1 rings (SSSR count). The topological polar surface area (TPSA) is 671 Å². The van der Waals surface area contributed by atoms with Crippen molar-refractivity contribution >= 4 is 112 Å². The van der Waals surface area contributed by atoms with E-state index in [1.54, 1.807) is 83.1 Å². The van der Waals surface area contributed by atoms with Gasteiger partial charge in [-0.2, -0.15) is 0 Å². The first kappa shape index (κ1) is 97.7. The van der Waals surface area contributed by atoms with Gasteiger partial charge in [0, 0.05) is 6.54 Å². The molecule has 17 amide bonds. The Bertz CT molecular complexity index is 3220. The molecular formula is C69H121N21O20. The molecule has 0 bridgehead atoms. The van der Waals surface area contributed by atoms with E-state index in [-0.39, 0.29) is 101 Å². The Morgan fingerprint density at radius 2 is 0.873 bits per heavy atom. The highest BCUT2D eigenvalue weighted by Gasteiger charge is 2.39. The Hall–Kier alpha value is -10.3. The number of unbranched alkanes of at least 4 members (excludes halogenated alkanes) is 1. The summed E-state index contributed by atoms with van der Waals surface area (Å²) < 4.78 is 0. The molecule has 0 radical (unpaired) electrons. The van der Waals surface area contributed by atoms with Crippen LogP contribution in [0.25, 0.3) is 0 Å². The zero-order valence-corrected chi connectivity index (χ0v) is 65.3. The van der Waals surface area contributed by atoms with E-state index in [0.717, 1.165) is 0 Å². The number of aliphatic carboxylic acids is 1. The normalized spacial score (nSPS) is 20.1. The van der Waals surface area contributed by atoms with Gasteiger partial charge in [0.15, 0.2) is 5.96 Å². The Morgan fingerprint density at radius 1 is 0.455 bits per heavy atom. The van der Waals surface area contributed by atoms with Crippen LogP contribution in [-0.2, 0) is 86.3 Å². The highest BCUT2D eigenvalue weighted by atomic mass is 16.4. The first-order valence-corrected chi connectivity index (χ1v) is 36.9. The summed E-state index contributed by atoms with van der Waals surface area (Å²) in [5.74, 6) is -21.8. The molecule has 0 aromatic rings. The number of carbonyl (C=O) groups is 18. The second-order valence-corrected chi connectivity index (χ2v) is 29.7. The van der Waals surface area contributed by atoms with Gasteiger partial charge in [-0.05, 0) is 113 Å². The molecule has 41 nitrogen and oxygen atoms in total. The largest absolute Gasteiger partial charge is 0.480 e. The molecule has 1 saturated heterocycles. The number of amides is 17. The van der Waals surface area contributed by atoms with Crippen LogP contribution in [0.4, 0.5) is 0 Å². The highest BCUT2D eigenvalue weighted by Crippen LogP contribution is 2.16. The number of rotatable bonds is 39. The van der Waals surface area contributed by atoms with Gasteiger partial charge in [-0.1, -0.05) is 83.1 Å². The molecule has 1 aliphatic heterocycles. The molecule has 0 aliphatic carbocycles. The average molecular weight is 1560 g/mol. The van der Waals surface area contributed by atoms with Gasteiger partial charge >= 0.3 is 5.97 Å². The molecule has 41 heteroatoms. The molecule has 27 N–H and O–H groups in total. The van der Waals surface area contributed by atoms with Gasteiger partial charge in [-0.25, -0.2) is 4.79 Å². The molecule has 0 saturated carbocycles. The molecule has 13 atom stereocenters. The van der Waals surface area contributed by atoms with E-state index in [1.165, 1.54) is 6.92 Å². The second kappa shape index (κ2) is 49.6. The van der Waals surface area contributed by atoms with Crippen LogP contribution in [0.1, 0.15) is 173 Å². The summed E-state index contributed by atoms with van der Waals surface area (Å²) in [5.41, 5.74) is 27.5. The van der Waals surface area contributed by atoms with E-state index in [1.807, 2.05) is 0 Å². The molecule has 1 fully saturated rings. The van der Waals surface area contributed by atoms with Crippen molar-refractivity contribution in [3.8, 4) is 0 Å². The lowest BCUT2D eigenvalue weighted by Gasteiger charge is -2.30. The number of hydrogen-bond acceptors (Lipinski definition) is 21. The van der Waals surface area contributed by atoms with Gasteiger partial charge in [0.1, 0.15) is 78.5 Å². The van der Waals surface area contributed by atoms with Crippen molar-refractivity contribution in [2.24, 2.45) is 69.2 Å². The number of guanidine groups is 1. The summed E-state index contributed by atoms with van der Waals surface area (Å²) in [5, 5.41) is 56.7. The number of carboxylic acid groups (broad SMARTS) is 1. The molecule has 1 aliphatic rings. The third kappa shape index (κ3) is 38.6. The summed E-state index contributed by atoms with van der Waals surface area (Å²) in [6, 6.07) is -20.7. The van der Waals surface area contributed by atoms with Crippen LogP contribution in [0.3, 0.4) is 0 Å². The Morgan fingerprint density at radius 3 is 1.35 bits per heavy atom. The maximum atomic E-state index is 15.0. The monoisotopic (exact) mass is 1560 g/mol. The van der Waals surface area contributed by atoms with Crippen molar-refractivity contribution < 1.29 is 96.5 Å². The third-order valence-electron chi connectivity index (χ3n) is 16.7. The minimum absolute atomic E-state index is 0.00850. The first-order valence-electron chi connectivity index (χ1n) is 36.9. The van der Waals surface area contributed by atoms with Crippen molar-refractivity contribution in [1.29, 1.82) is 0 Å². The van der Waals surface area contributed by atoms with Crippen molar-refractivity contribution in [3.05, 3.63) is 0 Å². The fraction of sp³-hybridized carbons (Fsp3) is 0.725. The number of carboxylic acids is 1. The number of carbonyl (C=O) groups excluding carboxylic acids is 17. The van der Waals surface area contributed by atoms with Crippen LogP contribution in [0.2, 0.25) is 0 Å². The predicted octanol–water partition coefficient (Wildman–Crippen LogP) is -7.16. The molecule has 0 aromatic carbocycles. The van der Waals surface area contributed by atoms with Gasteiger partial charge in [0.25, 0.3) is 0 Å². The maximum absolute atomic E-state index is 15.0. The molecule has 1 heterocycles. The lowest BCUT2D eigenvalue weighted by atomic mass is 9.98. The van der Waals surface area contributed by atoms with Gasteiger partial charge in [-0.3, -0.25) is 86.5 Å². The predicted molar refractivity (Wildman–Crippen MR) is 399 cm³/mol. The Labute approximate surface area is 640 Å². The van der Waals surface area contributed by atoms with E-state index < -0.39 is 236 Å². The SMILES string of the molecule is CC(C)C[C@@H]1NC(=O)CNC(=O)[C@H](CC(C)C)NC(=O)[C@H](CC(C)C)NC(=O)C[C@@H](C(=O)N[C@@H](CCCN=C(N)N)C(=O)N[C@@H](CC(C)C)C(=O)N[C@H](C(=O)N[C@@H](CC(C)C)C(=O)N[C@@H](CO)C(=O)N[C@@H](CCCCN)C(=O)N[C@@H](CC(N)=O)C(=O)O)C(C)C)NC(=O)[C@H](CC(N)=O)NC(=O)CNC(=O)[C@H](C)NC1=O. The fourth-order valence-corrected chi connectivity index (χ4v) is 11.1. The maximum Gasteiger partial charge on any atom is 0.326 e. The Balaban J connectivity index is 4.00. The van der Waals surface area contributed by atoms with Crippen molar-refractivity contribution in [1.82, 2.24) is 79.8 Å². The lowest BCUT2D eigenvalue weighted by Crippen LogP contribution is -2.62. The summed E-state index contributed by atoms with van der Waals surface area (Å²) in [7, 11) is 0. The number of primary amides is 2. The van der Waals surface area contributed by atoms with Gasteiger partial charge < -0.3 is 119 Å². The third-order valence-corrected chi connectivity index (χ3v) is 16.7. The zero-order chi connectivity index (χ0) is 84.0. The van der Waals surface area contributed by atoms with Crippen molar-refractivity contribution in [2.75, 3.05) is 32.8 Å².